The second-order valence-corrected chi connectivity index (χ2v) is 11.8. The zero-order valence-electron chi connectivity index (χ0n) is 21.0. The Morgan fingerprint density at radius 1 is 0.949 bits per heavy atom. The number of nitrogens with one attached hydrogen (secondary N) is 2. The molecule has 0 atom stereocenters. The maximum atomic E-state index is 13.3. The van der Waals surface area contributed by atoms with Gasteiger partial charge in [-0.1, -0.05) is 41.9 Å². The predicted molar refractivity (Wildman–Crippen MR) is 144 cm³/mol. The summed E-state index contributed by atoms with van der Waals surface area (Å²) >= 11 is 5.86. The summed E-state index contributed by atoms with van der Waals surface area (Å²) in [5, 5.41) is 6.66. The highest BCUT2D eigenvalue weighted by molar-refractivity contribution is 7.89. The number of hydrogen-bond donors (Lipinski definition) is 2. The van der Waals surface area contributed by atoms with Crippen LogP contribution in [0.1, 0.15) is 39.9 Å². The van der Waals surface area contributed by atoms with E-state index in [2.05, 4.69) is 10.6 Å². The normalized spacial score (nSPS) is 15.3. The Hall–Kier alpha value is -2.92. The van der Waals surface area contributed by atoms with Gasteiger partial charge in [-0.3, -0.25) is 4.79 Å². The van der Waals surface area contributed by atoms with Gasteiger partial charge in [-0.25, -0.2) is 8.42 Å². The Kier molecular flexibility index (Phi) is 9.32. The van der Waals surface area contributed by atoms with Gasteiger partial charge >= 0.3 is 6.18 Å². The Balaban J connectivity index is 1.27. The number of carbonyl (C=O) groups is 1. The predicted octanol–water partition coefficient (Wildman–Crippen LogP) is 5.27. The number of nitrogens with zero attached hydrogens (tertiary/aromatic N) is 1. The van der Waals surface area contributed by atoms with Crippen molar-refractivity contribution in [2.45, 2.75) is 42.9 Å². The number of sulfonamides is 1. The van der Waals surface area contributed by atoms with Crippen LogP contribution in [0.15, 0.2) is 77.7 Å². The summed E-state index contributed by atoms with van der Waals surface area (Å²) in [5.41, 5.74) is 1.05. The molecule has 0 radical (unpaired) electrons. The summed E-state index contributed by atoms with van der Waals surface area (Å²) in [5.74, 6) is -0.289. The molecular weight excluding hydrogens is 551 g/mol. The molecule has 1 saturated heterocycles. The maximum absolute atomic E-state index is 13.3. The minimum absolute atomic E-state index is 0.0802. The summed E-state index contributed by atoms with van der Waals surface area (Å²) in [7, 11) is -3.71. The van der Waals surface area contributed by atoms with Gasteiger partial charge in [0.2, 0.25) is 10.0 Å². The minimum atomic E-state index is -4.37. The molecule has 0 bridgehead atoms. The lowest BCUT2D eigenvalue weighted by Crippen LogP contribution is -2.45. The van der Waals surface area contributed by atoms with Gasteiger partial charge in [0.05, 0.1) is 10.5 Å². The van der Waals surface area contributed by atoms with Crippen molar-refractivity contribution in [1.82, 2.24) is 14.9 Å². The molecule has 0 unspecified atom stereocenters. The third-order valence-corrected chi connectivity index (χ3v) is 8.80. The highest BCUT2D eigenvalue weighted by Crippen LogP contribution is 2.29. The van der Waals surface area contributed by atoms with E-state index in [0.29, 0.717) is 60.6 Å². The molecule has 11 heteroatoms. The van der Waals surface area contributed by atoms with Crippen molar-refractivity contribution in [3.05, 3.63) is 100 Å². The fourth-order valence-electron chi connectivity index (χ4n) is 4.47. The molecule has 208 valence electrons. The first-order valence-corrected chi connectivity index (χ1v) is 14.4. The van der Waals surface area contributed by atoms with E-state index in [0.717, 1.165) is 12.1 Å². The molecule has 1 fully saturated rings. The van der Waals surface area contributed by atoms with E-state index in [-0.39, 0.29) is 23.4 Å². The molecule has 0 spiro atoms. The van der Waals surface area contributed by atoms with Crippen molar-refractivity contribution < 1.29 is 26.4 Å². The number of benzene rings is 3. The van der Waals surface area contributed by atoms with E-state index < -0.39 is 21.8 Å². The topological polar surface area (TPSA) is 78.5 Å². The van der Waals surface area contributed by atoms with Gasteiger partial charge in [-0.2, -0.15) is 17.5 Å². The van der Waals surface area contributed by atoms with Crippen LogP contribution in [0, 0.1) is 0 Å². The van der Waals surface area contributed by atoms with Crippen LogP contribution in [0.5, 0.6) is 0 Å². The first kappa shape index (κ1) is 29.1. The third kappa shape index (κ3) is 7.82. The quantitative estimate of drug-likeness (QED) is 0.362. The van der Waals surface area contributed by atoms with Crippen molar-refractivity contribution in [1.29, 1.82) is 0 Å². The van der Waals surface area contributed by atoms with E-state index in [1.165, 1.54) is 10.4 Å². The Labute approximate surface area is 231 Å². The Morgan fingerprint density at radius 2 is 1.62 bits per heavy atom. The van der Waals surface area contributed by atoms with Crippen LogP contribution in [0.2, 0.25) is 5.02 Å². The molecule has 1 aliphatic rings. The van der Waals surface area contributed by atoms with Gasteiger partial charge in [0.1, 0.15) is 0 Å². The van der Waals surface area contributed by atoms with Gasteiger partial charge in [-0.15, -0.1) is 0 Å². The van der Waals surface area contributed by atoms with Crippen LogP contribution in [0.3, 0.4) is 0 Å². The molecule has 0 aliphatic carbocycles. The number of amides is 1. The van der Waals surface area contributed by atoms with E-state index >= 15 is 0 Å². The molecule has 0 saturated carbocycles. The van der Waals surface area contributed by atoms with E-state index in [1.807, 2.05) is 0 Å². The SMILES string of the molecule is O=C(NCc1cccc(S(=O)(=O)N2CCC(NCCc3cccc(C(F)(F)F)c3)CC2)c1)c1ccc(Cl)cc1. The second kappa shape index (κ2) is 12.5. The molecule has 6 nitrogen and oxygen atoms in total. The van der Waals surface area contributed by atoms with Crippen LogP contribution >= 0.6 is 11.6 Å². The van der Waals surface area contributed by atoms with E-state index in [9.17, 15) is 26.4 Å². The van der Waals surface area contributed by atoms with Gasteiger partial charge < -0.3 is 10.6 Å². The monoisotopic (exact) mass is 579 g/mol. The Morgan fingerprint density at radius 3 is 2.31 bits per heavy atom. The lowest BCUT2D eigenvalue weighted by molar-refractivity contribution is -0.137. The third-order valence-electron chi connectivity index (χ3n) is 6.65. The fourth-order valence-corrected chi connectivity index (χ4v) is 6.14. The fraction of sp³-hybridized carbons (Fsp3) is 0.321. The van der Waals surface area contributed by atoms with Crippen molar-refractivity contribution in [2.24, 2.45) is 0 Å². The van der Waals surface area contributed by atoms with Crippen LogP contribution in [-0.4, -0.2) is 44.3 Å². The van der Waals surface area contributed by atoms with Crippen molar-refractivity contribution in [2.75, 3.05) is 19.6 Å². The summed E-state index contributed by atoms with van der Waals surface area (Å²) < 4.78 is 66.7. The lowest BCUT2D eigenvalue weighted by Gasteiger charge is -2.32. The molecule has 1 heterocycles. The molecule has 4 rings (SSSR count). The summed E-state index contributed by atoms with van der Waals surface area (Å²) in [6, 6.07) is 18.4. The number of piperidine rings is 1. The zero-order chi connectivity index (χ0) is 28.0. The molecule has 2 N–H and O–H groups in total. The largest absolute Gasteiger partial charge is 0.416 e. The summed E-state index contributed by atoms with van der Waals surface area (Å²) in [6.45, 7) is 1.34. The number of hydrogen-bond acceptors (Lipinski definition) is 4. The first-order chi connectivity index (χ1) is 18.5. The lowest BCUT2D eigenvalue weighted by atomic mass is 10.1. The number of rotatable bonds is 9. The molecule has 0 aromatic heterocycles. The van der Waals surface area contributed by atoms with Gasteiger partial charge in [-0.05, 0) is 79.4 Å². The number of alkyl halides is 3. The van der Waals surface area contributed by atoms with Crippen LogP contribution in [0.4, 0.5) is 13.2 Å². The van der Waals surface area contributed by atoms with Crippen molar-refractivity contribution in [3.63, 3.8) is 0 Å². The molecular formula is C28H29ClF3N3O3S. The highest BCUT2D eigenvalue weighted by atomic mass is 35.5. The zero-order valence-corrected chi connectivity index (χ0v) is 22.6. The van der Waals surface area contributed by atoms with E-state index in [1.54, 1.807) is 54.6 Å². The van der Waals surface area contributed by atoms with Crippen LogP contribution in [0.25, 0.3) is 0 Å². The van der Waals surface area contributed by atoms with Gasteiger partial charge in [0.25, 0.3) is 5.91 Å². The number of halogens is 4. The molecule has 1 amide bonds. The number of carbonyl (C=O) groups excluding carboxylic acids is 1. The molecule has 39 heavy (non-hydrogen) atoms. The first-order valence-electron chi connectivity index (χ1n) is 12.5. The molecule has 3 aromatic rings. The van der Waals surface area contributed by atoms with Gasteiger partial charge in [0.15, 0.2) is 0 Å². The molecule has 1 aliphatic heterocycles. The highest BCUT2D eigenvalue weighted by Gasteiger charge is 2.31. The second-order valence-electron chi connectivity index (χ2n) is 9.42. The average Bonchev–Trinajstić information content (AvgIpc) is 2.92. The maximum Gasteiger partial charge on any atom is 0.416 e. The van der Waals surface area contributed by atoms with Crippen LogP contribution in [-0.2, 0) is 29.2 Å². The van der Waals surface area contributed by atoms with Crippen molar-refractivity contribution in [3.8, 4) is 0 Å². The van der Waals surface area contributed by atoms with Crippen molar-refractivity contribution >= 4 is 27.5 Å². The Bertz CT molecular complexity index is 1390. The minimum Gasteiger partial charge on any atom is -0.348 e. The summed E-state index contributed by atoms with van der Waals surface area (Å²) in [4.78, 5) is 12.5. The smallest absolute Gasteiger partial charge is 0.348 e. The van der Waals surface area contributed by atoms with Crippen LogP contribution < -0.4 is 10.6 Å². The van der Waals surface area contributed by atoms with Gasteiger partial charge in [0, 0.05) is 36.3 Å². The average molecular weight is 580 g/mol. The standard InChI is InChI=1S/C28H29ClF3N3O3S/c29-24-9-7-22(8-10-24)27(36)34-19-21-4-2-6-26(18-21)39(37,38)35-15-12-25(13-16-35)33-14-11-20-3-1-5-23(17-20)28(30,31)32/h1-10,17-18,25,33H,11-16,19H2,(H,34,36). The van der Waals surface area contributed by atoms with E-state index in [4.69, 9.17) is 11.6 Å². The summed E-state index contributed by atoms with van der Waals surface area (Å²) in [6.07, 6.45) is -2.73. The molecule has 3 aromatic carbocycles.